The first-order valence-corrected chi connectivity index (χ1v) is 10.8. The monoisotopic (exact) mass is 415 g/mol. The van der Waals surface area contributed by atoms with Crippen LogP contribution in [-0.2, 0) is 4.79 Å². The Balaban J connectivity index is 1.49. The summed E-state index contributed by atoms with van der Waals surface area (Å²) in [4.78, 5) is 17.3. The lowest BCUT2D eigenvalue weighted by atomic mass is 9.96. The van der Waals surface area contributed by atoms with Gasteiger partial charge in [0.25, 0.3) is 5.91 Å². The summed E-state index contributed by atoms with van der Waals surface area (Å²) in [5.74, 6) is 0.118. The first-order chi connectivity index (χ1) is 14.7. The summed E-state index contributed by atoms with van der Waals surface area (Å²) in [5, 5.41) is 17.3. The number of nitrogens with zero attached hydrogens (tertiary/aromatic N) is 1. The number of nitrogens with one attached hydrogen (secondary N) is 2. The zero-order valence-electron chi connectivity index (χ0n) is 16.6. The van der Waals surface area contributed by atoms with Crippen LogP contribution in [0.5, 0.6) is 0 Å². The van der Waals surface area contributed by atoms with Crippen LogP contribution in [0.4, 0.5) is 5.69 Å². The number of anilines is 1. The second-order valence-electron chi connectivity index (χ2n) is 7.30. The first-order valence-electron chi connectivity index (χ1n) is 9.89. The van der Waals surface area contributed by atoms with Crippen LogP contribution >= 0.6 is 11.3 Å². The van der Waals surface area contributed by atoms with E-state index in [2.05, 4.69) is 63.6 Å². The summed E-state index contributed by atoms with van der Waals surface area (Å²) < 4.78 is 0. The minimum atomic E-state index is -0.261. The van der Waals surface area contributed by atoms with E-state index in [-0.39, 0.29) is 17.9 Å². The van der Waals surface area contributed by atoms with Crippen molar-refractivity contribution in [2.24, 2.45) is 0 Å². The van der Waals surface area contributed by atoms with Gasteiger partial charge in [0.05, 0.1) is 24.1 Å². The lowest BCUT2D eigenvalue weighted by Gasteiger charge is -2.17. The smallest absolute Gasteiger partial charge is 0.282 e. The van der Waals surface area contributed by atoms with Gasteiger partial charge in [-0.1, -0.05) is 30.3 Å². The van der Waals surface area contributed by atoms with Gasteiger partial charge in [0.2, 0.25) is 0 Å². The molecule has 2 aromatic heterocycles. The summed E-state index contributed by atoms with van der Waals surface area (Å²) in [7, 11) is 0. The summed E-state index contributed by atoms with van der Waals surface area (Å²) in [6, 6.07) is 21.3. The van der Waals surface area contributed by atoms with Crippen LogP contribution < -0.4 is 10.6 Å². The maximum atomic E-state index is 12.7. The highest BCUT2D eigenvalue weighted by Crippen LogP contribution is 2.32. The second-order valence-corrected chi connectivity index (χ2v) is 8.28. The summed E-state index contributed by atoms with van der Waals surface area (Å²) in [6.45, 7) is 2.67. The predicted octanol–water partition coefficient (Wildman–Crippen LogP) is 3.82. The van der Waals surface area contributed by atoms with Crippen LogP contribution in [0.25, 0.3) is 10.9 Å². The highest BCUT2D eigenvalue weighted by atomic mass is 32.1. The molecule has 5 nitrogen and oxygen atoms in total. The third kappa shape index (κ3) is 4.28. The fourth-order valence-electron chi connectivity index (χ4n) is 3.64. The van der Waals surface area contributed by atoms with E-state index >= 15 is 0 Å². The number of nitrogens with two attached hydrogens (primary N) is 1. The average Bonchev–Trinajstić information content (AvgIpc) is 3.45. The van der Waals surface area contributed by atoms with E-state index in [0.29, 0.717) is 11.3 Å². The van der Waals surface area contributed by atoms with Crippen LogP contribution in [0.3, 0.4) is 0 Å². The quantitative estimate of drug-likeness (QED) is 0.429. The number of thiophene rings is 1. The molecule has 150 valence electrons. The Kier molecular flexibility index (Phi) is 5.94. The van der Waals surface area contributed by atoms with Gasteiger partial charge in [-0.25, -0.2) is 0 Å². The zero-order chi connectivity index (χ0) is 20.9. The van der Waals surface area contributed by atoms with Gasteiger partial charge in [-0.15, -0.1) is 11.3 Å². The number of para-hydroxylation sites is 1. The standard InChI is InChI=1S/C24H22N4OS/c1-16(24(29)28-18-7-4-6-17(12-18)13-25)26-15-21(23-10-5-11-30-23)20-14-27-22-9-3-2-8-19(20)22/h2-12,14,16,21,26-27H,15H2,1H3,(H,28,29)/p+1/t16-,21-/m0/s1. The number of aromatic nitrogens is 1. The molecule has 2 atom stereocenters. The van der Waals surface area contributed by atoms with Crippen molar-refractivity contribution in [2.75, 3.05) is 11.9 Å². The van der Waals surface area contributed by atoms with E-state index in [1.54, 1.807) is 35.6 Å². The minimum absolute atomic E-state index is 0.0750. The predicted molar refractivity (Wildman–Crippen MR) is 121 cm³/mol. The van der Waals surface area contributed by atoms with Crippen molar-refractivity contribution in [1.29, 1.82) is 5.26 Å². The van der Waals surface area contributed by atoms with Gasteiger partial charge >= 0.3 is 0 Å². The largest absolute Gasteiger partial charge is 0.361 e. The van der Waals surface area contributed by atoms with E-state index in [4.69, 9.17) is 5.26 Å². The van der Waals surface area contributed by atoms with E-state index in [1.165, 1.54) is 15.8 Å². The van der Waals surface area contributed by atoms with Crippen LogP contribution in [-0.4, -0.2) is 23.5 Å². The lowest BCUT2D eigenvalue weighted by Crippen LogP contribution is -2.92. The Morgan fingerprint density at radius 1 is 1.20 bits per heavy atom. The van der Waals surface area contributed by atoms with Gasteiger partial charge in [0.15, 0.2) is 6.04 Å². The number of hydrogen-bond donors (Lipinski definition) is 3. The van der Waals surface area contributed by atoms with Crippen molar-refractivity contribution in [3.63, 3.8) is 0 Å². The average molecular weight is 416 g/mol. The van der Waals surface area contributed by atoms with Gasteiger partial charge in [-0.3, -0.25) is 4.79 Å². The number of nitriles is 1. The summed E-state index contributed by atoms with van der Waals surface area (Å²) in [5.41, 5.74) is 3.54. The maximum Gasteiger partial charge on any atom is 0.282 e. The van der Waals surface area contributed by atoms with Crippen molar-refractivity contribution in [3.8, 4) is 6.07 Å². The Morgan fingerprint density at radius 3 is 2.87 bits per heavy atom. The molecule has 0 spiro atoms. The SMILES string of the molecule is C[C@H]([NH2+]C[C@H](c1cccs1)c1c[nH]c2ccccc12)C(=O)Nc1cccc(C#N)c1. The van der Waals surface area contributed by atoms with E-state index < -0.39 is 0 Å². The number of amides is 1. The molecule has 1 amide bonds. The molecule has 0 fully saturated rings. The van der Waals surface area contributed by atoms with Gasteiger partial charge in [0.1, 0.15) is 0 Å². The Hall–Kier alpha value is -3.40. The summed E-state index contributed by atoms with van der Waals surface area (Å²) >= 11 is 1.74. The number of rotatable bonds is 7. The van der Waals surface area contributed by atoms with Crippen LogP contribution in [0.15, 0.2) is 72.2 Å². The highest BCUT2D eigenvalue weighted by Gasteiger charge is 2.24. The Labute approximate surface area is 179 Å². The number of benzene rings is 2. The number of aromatic amines is 1. The number of fused-ring (bicyclic) bond motifs is 1. The van der Waals surface area contributed by atoms with Crippen molar-refractivity contribution < 1.29 is 10.1 Å². The molecule has 0 aliphatic rings. The molecule has 0 bridgehead atoms. The van der Waals surface area contributed by atoms with Gasteiger partial charge in [0, 0.05) is 27.7 Å². The zero-order valence-corrected chi connectivity index (χ0v) is 17.4. The molecule has 0 aliphatic carbocycles. The molecule has 0 unspecified atom stereocenters. The number of carbonyl (C=O) groups excluding carboxylic acids is 1. The molecule has 0 saturated carbocycles. The third-order valence-corrected chi connectivity index (χ3v) is 6.27. The third-order valence-electron chi connectivity index (χ3n) is 5.28. The molecule has 0 aliphatic heterocycles. The number of hydrogen-bond acceptors (Lipinski definition) is 3. The van der Waals surface area contributed by atoms with E-state index in [9.17, 15) is 4.79 Å². The maximum absolute atomic E-state index is 12.7. The molecule has 4 rings (SSSR count). The van der Waals surface area contributed by atoms with Gasteiger partial charge in [-0.2, -0.15) is 5.26 Å². The molecule has 0 radical (unpaired) electrons. The molecular formula is C24H23N4OS+. The number of H-pyrrole nitrogens is 1. The highest BCUT2D eigenvalue weighted by molar-refractivity contribution is 7.10. The van der Waals surface area contributed by atoms with Crippen LogP contribution in [0.2, 0.25) is 0 Å². The van der Waals surface area contributed by atoms with Crippen molar-refractivity contribution in [2.45, 2.75) is 18.9 Å². The molecule has 4 N–H and O–H groups in total. The van der Waals surface area contributed by atoms with Crippen LogP contribution in [0.1, 0.15) is 28.8 Å². The number of carbonyl (C=O) groups is 1. The Morgan fingerprint density at radius 2 is 2.07 bits per heavy atom. The normalized spacial score (nSPS) is 12.9. The second kappa shape index (κ2) is 8.95. The lowest BCUT2D eigenvalue weighted by molar-refractivity contribution is -0.674. The fourth-order valence-corrected chi connectivity index (χ4v) is 4.50. The molecule has 2 heterocycles. The van der Waals surface area contributed by atoms with Gasteiger partial charge in [-0.05, 0) is 48.2 Å². The molecular weight excluding hydrogens is 392 g/mol. The minimum Gasteiger partial charge on any atom is -0.361 e. The van der Waals surface area contributed by atoms with Crippen molar-refractivity contribution >= 4 is 33.8 Å². The Bertz CT molecular complexity index is 1190. The van der Waals surface area contributed by atoms with Gasteiger partial charge < -0.3 is 15.6 Å². The molecule has 4 aromatic rings. The molecule has 2 aromatic carbocycles. The molecule has 0 saturated heterocycles. The van der Waals surface area contributed by atoms with Crippen molar-refractivity contribution in [1.82, 2.24) is 4.98 Å². The van der Waals surface area contributed by atoms with Crippen molar-refractivity contribution in [3.05, 3.63) is 88.2 Å². The van der Waals surface area contributed by atoms with E-state index in [0.717, 1.165) is 12.1 Å². The molecule has 30 heavy (non-hydrogen) atoms. The summed E-state index contributed by atoms with van der Waals surface area (Å²) in [6.07, 6.45) is 2.08. The first kappa shape index (κ1) is 19.9. The number of quaternary nitrogens is 1. The molecule has 6 heteroatoms. The topological polar surface area (TPSA) is 85.3 Å². The van der Waals surface area contributed by atoms with Crippen LogP contribution in [0, 0.1) is 11.3 Å². The van der Waals surface area contributed by atoms with E-state index in [1.807, 2.05) is 13.0 Å². The fraction of sp³-hybridized carbons (Fsp3) is 0.167.